The van der Waals surface area contributed by atoms with E-state index in [1.54, 1.807) is 11.1 Å². The minimum Gasteiger partial charge on any atom is -0.356 e. The Morgan fingerprint density at radius 1 is 1.11 bits per heavy atom. The van der Waals surface area contributed by atoms with Gasteiger partial charge in [0.1, 0.15) is 5.69 Å². The van der Waals surface area contributed by atoms with Gasteiger partial charge in [-0.25, -0.2) is 4.98 Å². The highest BCUT2D eigenvalue weighted by atomic mass is 16.2. The maximum atomic E-state index is 12.9. The van der Waals surface area contributed by atoms with Gasteiger partial charge in [0, 0.05) is 32.3 Å². The Kier molecular flexibility index (Phi) is 7.92. The fourth-order valence-electron chi connectivity index (χ4n) is 2.55. The second-order valence-corrected chi connectivity index (χ2v) is 7.04. The molecule has 2 rings (SSSR count). The van der Waals surface area contributed by atoms with Crippen molar-refractivity contribution in [3.8, 4) is 0 Å². The van der Waals surface area contributed by atoms with E-state index in [-0.39, 0.29) is 23.9 Å². The van der Waals surface area contributed by atoms with Crippen LogP contribution >= 0.6 is 0 Å². The second kappa shape index (κ2) is 10.4. The van der Waals surface area contributed by atoms with Crippen LogP contribution in [0.2, 0.25) is 0 Å². The molecule has 0 fully saturated rings. The molecular formula is C21H28N4O2. The van der Waals surface area contributed by atoms with Crippen molar-refractivity contribution in [3.63, 3.8) is 0 Å². The number of hydrogen-bond acceptors (Lipinski definition) is 4. The normalized spacial score (nSPS) is 10.7. The van der Waals surface area contributed by atoms with E-state index in [2.05, 4.69) is 29.1 Å². The van der Waals surface area contributed by atoms with Gasteiger partial charge in [0.25, 0.3) is 5.91 Å². The van der Waals surface area contributed by atoms with Gasteiger partial charge in [-0.3, -0.25) is 14.6 Å². The Morgan fingerprint density at radius 3 is 2.48 bits per heavy atom. The molecule has 1 heterocycles. The van der Waals surface area contributed by atoms with Crippen LogP contribution in [0.1, 0.15) is 48.4 Å². The maximum absolute atomic E-state index is 12.9. The van der Waals surface area contributed by atoms with Gasteiger partial charge < -0.3 is 10.2 Å². The lowest BCUT2D eigenvalue weighted by Gasteiger charge is -2.22. The van der Waals surface area contributed by atoms with E-state index < -0.39 is 0 Å². The number of aromatic nitrogens is 2. The van der Waals surface area contributed by atoms with Gasteiger partial charge in [-0.05, 0) is 24.8 Å². The van der Waals surface area contributed by atoms with Crippen molar-refractivity contribution in [2.75, 3.05) is 13.1 Å². The summed E-state index contributed by atoms with van der Waals surface area (Å²) in [5, 5.41) is 2.91. The summed E-state index contributed by atoms with van der Waals surface area (Å²) in [5.41, 5.74) is 2.05. The van der Waals surface area contributed by atoms with Crippen LogP contribution in [0.4, 0.5) is 0 Å². The van der Waals surface area contributed by atoms with E-state index in [4.69, 9.17) is 0 Å². The average molecular weight is 368 g/mol. The summed E-state index contributed by atoms with van der Waals surface area (Å²) in [7, 11) is 0. The molecule has 0 aliphatic rings. The minimum atomic E-state index is -0.221. The highest BCUT2D eigenvalue weighted by molar-refractivity contribution is 5.92. The number of benzene rings is 1. The smallest absolute Gasteiger partial charge is 0.274 e. The second-order valence-electron chi connectivity index (χ2n) is 7.04. The predicted octanol–water partition coefficient (Wildman–Crippen LogP) is 2.98. The van der Waals surface area contributed by atoms with E-state index in [9.17, 15) is 9.59 Å². The van der Waals surface area contributed by atoms with Gasteiger partial charge in [-0.1, -0.05) is 44.2 Å². The van der Waals surface area contributed by atoms with Gasteiger partial charge in [0.2, 0.25) is 5.91 Å². The third-order valence-corrected chi connectivity index (χ3v) is 4.16. The molecule has 2 aromatic rings. The van der Waals surface area contributed by atoms with Crippen molar-refractivity contribution >= 4 is 11.8 Å². The standard InChI is InChI=1S/C21H28N4O2/c1-16(2)9-11-22-20(26)10-12-25(15-18-7-5-4-6-8-18)21(27)19-14-23-17(3)13-24-19/h4-8,13-14,16H,9-12,15H2,1-3H3,(H,22,26). The van der Waals surface area contributed by atoms with Gasteiger partial charge in [-0.2, -0.15) is 0 Å². The average Bonchev–Trinajstić information content (AvgIpc) is 2.65. The van der Waals surface area contributed by atoms with Crippen molar-refractivity contribution < 1.29 is 9.59 Å². The molecule has 0 saturated heterocycles. The number of carbonyl (C=O) groups excluding carboxylic acids is 2. The number of rotatable bonds is 9. The summed E-state index contributed by atoms with van der Waals surface area (Å²) in [6, 6.07) is 9.72. The van der Waals surface area contributed by atoms with E-state index >= 15 is 0 Å². The molecule has 1 aromatic carbocycles. The summed E-state index contributed by atoms with van der Waals surface area (Å²) in [6.45, 7) is 7.48. The third-order valence-electron chi connectivity index (χ3n) is 4.16. The molecule has 0 bridgehead atoms. The topological polar surface area (TPSA) is 75.2 Å². The van der Waals surface area contributed by atoms with Crippen molar-refractivity contribution in [2.24, 2.45) is 5.92 Å². The van der Waals surface area contributed by atoms with Gasteiger partial charge in [0.15, 0.2) is 0 Å². The van der Waals surface area contributed by atoms with Gasteiger partial charge >= 0.3 is 0 Å². The Labute approximate surface area is 161 Å². The van der Waals surface area contributed by atoms with Crippen LogP contribution in [0.5, 0.6) is 0 Å². The molecular weight excluding hydrogens is 340 g/mol. The molecule has 1 aromatic heterocycles. The zero-order valence-electron chi connectivity index (χ0n) is 16.3. The fraction of sp³-hybridized carbons (Fsp3) is 0.429. The zero-order chi connectivity index (χ0) is 19.6. The fourth-order valence-corrected chi connectivity index (χ4v) is 2.55. The number of hydrogen-bond donors (Lipinski definition) is 1. The molecule has 0 aliphatic heterocycles. The molecule has 0 atom stereocenters. The highest BCUT2D eigenvalue weighted by Crippen LogP contribution is 2.09. The van der Waals surface area contributed by atoms with E-state index in [0.717, 1.165) is 17.7 Å². The van der Waals surface area contributed by atoms with Crippen LogP contribution in [0.3, 0.4) is 0 Å². The third kappa shape index (κ3) is 7.17. The molecule has 0 unspecified atom stereocenters. The van der Waals surface area contributed by atoms with Gasteiger partial charge in [-0.15, -0.1) is 0 Å². The SMILES string of the molecule is Cc1cnc(C(=O)N(CCC(=O)NCCC(C)C)Cc2ccccc2)cn1. The van der Waals surface area contributed by atoms with Crippen LogP contribution in [0, 0.1) is 12.8 Å². The van der Waals surface area contributed by atoms with Crippen molar-refractivity contribution in [1.29, 1.82) is 0 Å². The summed E-state index contributed by atoms with van der Waals surface area (Å²) >= 11 is 0. The molecule has 2 amide bonds. The van der Waals surface area contributed by atoms with Crippen molar-refractivity contribution in [3.05, 3.63) is 59.7 Å². The number of amides is 2. The molecule has 0 saturated carbocycles. The first-order valence-corrected chi connectivity index (χ1v) is 9.34. The lowest BCUT2D eigenvalue weighted by atomic mass is 10.1. The minimum absolute atomic E-state index is 0.0449. The molecule has 144 valence electrons. The molecule has 1 N–H and O–H groups in total. The summed E-state index contributed by atoms with van der Waals surface area (Å²) in [6.07, 6.45) is 4.26. The summed E-state index contributed by atoms with van der Waals surface area (Å²) in [4.78, 5) is 35.0. The van der Waals surface area contributed by atoms with Crippen LogP contribution in [-0.2, 0) is 11.3 Å². The first-order valence-electron chi connectivity index (χ1n) is 9.34. The predicted molar refractivity (Wildman–Crippen MR) is 105 cm³/mol. The Balaban J connectivity index is 2.02. The van der Waals surface area contributed by atoms with E-state index in [1.807, 2.05) is 37.3 Å². The van der Waals surface area contributed by atoms with E-state index in [0.29, 0.717) is 25.6 Å². The lowest BCUT2D eigenvalue weighted by molar-refractivity contribution is -0.121. The zero-order valence-corrected chi connectivity index (χ0v) is 16.3. The monoisotopic (exact) mass is 368 g/mol. The van der Waals surface area contributed by atoms with Crippen molar-refractivity contribution in [1.82, 2.24) is 20.2 Å². The number of nitrogens with zero attached hydrogens (tertiary/aromatic N) is 3. The summed E-state index contributed by atoms with van der Waals surface area (Å²) in [5.74, 6) is 0.277. The maximum Gasteiger partial charge on any atom is 0.274 e. The van der Waals surface area contributed by atoms with Crippen molar-refractivity contribution in [2.45, 2.75) is 40.2 Å². The Morgan fingerprint density at radius 2 is 1.85 bits per heavy atom. The summed E-state index contributed by atoms with van der Waals surface area (Å²) < 4.78 is 0. The Bertz CT molecular complexity index is 730. The number of carbonyl (C=O) groups is 2. The largest absolute Gasteiger partial charge is 0.356 e. The van der Waals surface area contributed by atoms with Crippen LogP contribution in [0.15, 0.2) is 42.7 Å². The molecule has 0 radical (unpaired) electrons. The number of nitrogens with one attached hydrogen (secondary N) is 1. The lowest BCUT2D eigenvalue weighted by Crippen LogP contribution is -2.35. The van der Waals surface area contributed by atoms with Gasteiger partial charge in [0.05, 0.1) is 11.9 Å². The molecule has 6 nitrogen and oxygen atoms in total. The highest BCUT2D eigenvalue weighted by Gasteiger charge is 2.19. The molecule has 0 aliphatic carbocycles. The Hall–Kier alpha value is -2.76. The molecule has 6 heteroatoms. The first kappa shape index (κ1) is 20.6. The van der Waals surface area contributed by atoms with E-state index in [1.165, 1.54) is 6.20 Å². The quantitative estimate of drug-likeness (QED) is 0.738. The number of aryl methyl sites for hydroxylation is 1. The van der Waals surface area contributed by atoms with Crippen LogP contribution in [0.25, 0.3) is 0 Å². The first-order chi connectivity index (χ1) is 13.0. The molecule has 0 spiro atoms. The van der Waals surface area contributed by atoms with Crippen LogP contribution < -0.4 is 5.32 Å². The van der Waals surface area contributed by atoms with Crippen LogP contribution in [-0.4, -0.2) is 39.8 Å². The molecule has 27 heavy (non-hydrogen) atoms.